The van der Waals surface area contributed by atoms with Gasteiger partial charge in [-0.2, -0.15) is 0 Å². The molecule has 0 aromatic carbocycles. The zero-order valence-corrected chi connectivity index (χ0v) is 13.7. The first-order valence-corrected chi connectivity index (χ1v) is 8.40. The predicted octanol–water partition coefficient (Wildman–Crippen LogP) is 3.47. The Morgan fingerprint density at radius 2 is 1.67 bits per heavy atom. The van der Waals surface area contributed by atoms with Crippen molar-refractivity contribution in [2.24, 2.45) is 7.05 Å². The third kappa shape index (κ3) is 7.30. The molecule has 0 fully saturated rings. The number of imidazole rings is 1. The number of aromatic nitrogens is 2. The normalized spacial score (nSPS) is 11.0. The van der Waals surface area contributed by atoms with E-state index in [0.717, 1.165) is 18.7 Å². The summed E-state index contributed by atoms with van der Waals surface area (Å²) in [6, 6.07) is 0. The van der Waals surface area contributed by atoms with E-state index in [1.165, 1.54) is 51.4 Å². The summed E-state index contributed by atoms with van der Waals surface area (Å²) in [7, 11) is 1.99. The Bertz CT molecular complexity index is 413. The molecule has 1 aromatic rings. The lowest BCUT2D eigenvalue weighted by molar-refractivity contribution is -0.678. The fraction of sp³-hybridized carbons (Fsp3) is 0.765. The summed E-state index contributed by atoms with van der Waals surface area (Å²) in [6.07, 6.45) is 16.6. The van der Waals surface area contributed by atoms with Crippen LogP contribution >= 0.6 is 0 Å². The van der Waals surface area contributed by atoms with Crippen LogP contribution in [0.4, 0.5) is 0 Å². The zero-order chi connectivity index (χ0) is 15.5. The molecule has 0 saturated carbocycles. The van der Waals surface area contributed by atoms with Crippen molar-refractivity contribution < 1.29 is 14.5 Å². The molecule has 1 rings (SSSR count). The van der Waals surface area contributed by atoms with Crippen LogP contribution in [0.2, 0.25) is 0 Å². The van der Waals surface area contributed by atoms with Gasteiger partial charge in [-0.25, -0.2) is 13.9 Å². The van der Waals surface area contributed by atoms with Gasteiger partial charge in [0.25, 0.3) is 5.82 Å². The van der Waals surface area contributed by atoms with Gasteiger partial charge in [-0.15, -0.1) is 0 Å². The molecular formula is C17H31N2O2+. The number of carboxylic acids is 1. The molecule has 0 saturated heterocycles. The second-order valence-corrected chi connectivity index (χ2v) is 5.93. The van der Waals surface area contributed by atoms with Crippen LogP contribution in [0.1, 0.15) is 70.5 Å². The van der Waals surface area contributed by atoms with Gasteiger partial charge in [0.1, 0.15) is 12.4 Å². The molecule has 1 aromatic heterocycles. The summed E-state index contributed by atoms with van der Waals surface area (Å²) in [4.78, 5) is 10.8. The largest absolute Gasteiger partial charge is 0.478 e. The highest BCUT2D eigenvalue weighted by Crippen LogP contribution is 2.11. The zero-order valence-electron chi connectivity index (χ0n) is 13.7. The van der Waals surface area contributed by atoms with Crippen LogP contribution in [0.5, 0.6) is 0 Å². The summed E-state index contributed by atoms with van der Waals surface area (Å²) >= 11 is 0. The molecule has 0 unspecified atom stereocenters. The molecule has 0 aliphatic rings. The van der Waals surface area contributed by atoms with Crippen LogP contribution in [0.15, 0.2) is 12.4 Å². The van der Waals surface area contributed by atoms with Crippen LogP contribution < -0.4 is 4.57 Å². The first kappa shape index (κ1) is 17.7. The molecular weight excluding hydrogens is 264 g/mol. The van der Waals surface area contributed by atoms with Gasteiger partial charge < -0.3 is 5.11 Å². The second kappa shape index (κ2) is 10.4. The van der Waals surface area contributed by atoms with E-state index >= 15 is 0 Å². The van der Waals surface area contributed by atoms with E-state index in [4.69, 9.17) is 5.11 Å². The van der Waals surface area contributed by atoms with Crippen LogP contribution in [0.3, 0.4) is 0 Å². The third-order valence-electron chi connectivity index (χ3n) is 4.02. The van der Waals surface area contributed by atoms with Crippen molar-refractivity contribution in [2.45, 2.75) is 77.7 Å². The maximum Gasteiger partial charge on any atom is 0.346 e. The molecule has 1 heterocycles. The SMILES string of the molecule is CCCCCCCCCCCc1n(CC(=O)O)cc[n+]1C. The van der Waals surface area contributed by atoms with E-state index in [1.54, 1.807) is 0 Å². The fourth-order valence-corrected chi connectivity index (χ4v) is 2.76. The van der Waals surface area contributed by atoms with Crippen LogP contribution in [-0.2, 0) is 24.8 Å². The summed E-state index contributed by atoms with van der Waals surface area (Å²) in [6.45, 7) is 2.31. The Morgan fingerprint density at radius 1 is 1.10 bits per heavy atom. The Balaban J connectivity index is 2.15. The number of unbranched alkanes of at least 4 members (excludes halogenated alkanes) is 8. The van der Waals surface area contributed by atoms with E-state index in [1.807, 2.05) is 28.6 Å². The highest BCUT2D eigenvalue weighted by molar-refractivity contribution is 5.66. The smallest absolute Gasteiger partial charge is 0.346 e. The first-order chi connectivity index (χ1) is 10.1. The van der Waals surface area contributed by atoms with Gasteiger partial charge in [-0.3, -0.25) is 0 Å². The maximum absolute atomic E-state index is 10.8. The topological polar surface area (TPSA) is 46.1 Å². The lowest BCUT2D eigenvalue weighted by Crippen LogP contribution is -2.32. The average Bonchev–Trinajstić information content (AvgIpc) is 2.77. The van der Waals surface area contributed by atoms with Gasteiger partial charge in [0.15, 0.2) is 6.54 Å². The van der Waals surface area contributed by atoms with Gasteiger partial charge >= 0.3 is 5.97 Å². The van der Waals surface area contributed by atoms with Crippen molar-refractivity contribution >= 4 is 5.97 Å². The first-order valence-electron chi connectivity index (χ1n) is 8.40. The molecule has 0 aliphatic carbocycles. The second-order valence-electron chi connectivity index (χ2n) is 5.93. The van der Waals surface area contributed by atoms with Crippen LogP contribution in [-0.4, -0.2) is 15.6 Å². The van der Waals surface area contributed by atoms with Gasteiger partial charge in [-0.05, 0) is 6.42 Å². The number of aryl methyl sites for hydroxylation is 1. The van der Waals surface area contributed by atoms with Gasteiger partial charge in [-0.1, -0.05) is 58.3 Å². The predicted molar refractivity (Wildman–Crippen MR) is 84.2 cm³/mol. The van der Waals surface area contributed by atoms with E-state index in [9.17, 15) is 4.79 Å². The summed E-state index contributed by atoms with van der Waals surface area (Å²) < 4.78 is 3.88. The summed E-state index contributed by atoms with van der Waals surface area (Å²) in [5.41, 5.74) is 0. The quantitative estimate of drug-likeness (QED) is 0.474. The lowest BCUT2D eigenvalue weighted by Gasteiger charge is -2.03. The molecule has 4 heteroatoms. The number of carboxylic acid groups (broad SMARTS) is 1. The van der Waals surface area contributed by atoms with Crippen LogP contribution in [0, 0.1) is 0 Å². The molecule has 0 bridgehead atoms. The van der Waals surface area contributed by atoms with E-state index in [0.29, 0.717) is 0 Å². The minimum atomic E-state index is -0.778. The fourth-order valence-electron chi connectivity index (χ4n) is 2.76. The number of hydrogen-bond acceptors (Lipinski definition) is 1. The van der Waals surface area contributed by atoms with E-state index in [2.05, 4.69) is 6.92 Å². The molecule has 120 valence electrons. The molecule has 0 spiro atoms. The number of aliphatic carboxylic acids is 1. The molecule has 21 heavy (non-hydrogen) atoms. The van der Waals surface area contributed by atoms with Gasteiger partial charge in [0.2, 0.25) is 0 Å². The molecule has 0 aliphatic heterocycles. The number of nitrogens with zero attached hydrogens (tertiary/aromatic N) is 2. The molecule has 1 N–H and O–H groups in total. The number of rotatable bonds is 12. The third-order valence-corrected chi connectivity index (χ3v) is 4.02. The van der Waals surface area contributed by atoms with E-state index < -0.39 is 5.97 Å². The Morgan fingerprint density at radius 3 is 2.24 bits per heavy atom. The van der Waals surface area contributed by atoms with Crippen molar-refractivity contribution in [3.63, 3.8) is 0 Å². The molecule has 4 nitrogen and oxygen atoms in total. The van der Waals surface area contributed by atoms with Crippen molar-refractivity contribution in [3.8, 4) is 0 Å². The summed E-state index contributed by atoms with van der Waals surface area (Å²) in [5.74, 6) is 0.333. The highest BCUT2D eigenvalue weighted by Gasteiger charge is 2.16. The Hall–Kier alpha value is -1.32. The molecule has 0 radical (unpaired) electrons. The summed E-state index contributed by atoms with van der Waals surface area (Å²) in [5, 5.41) is 8.90. The standard InChI is InChI=1S/C17H30N2O2/c1-3-4-5-6-7-8-9-10-11-12-16-18(2)13-14-19(16)15-17(20)21/h13-14H,3-12,15H2,1-2H3/p+1. The lowest BCUT2D eigenvalue weighted by atomic mass is 10.1. The maximum atomic E-state index is 10.8. The minimum absolute atomic E-state index is 0.0631. The monoisotopic (exact) mass is 295 g/mol. The number of carbonyl (C=O) groups is 1. The average molecular weight is 295 g/mol. The molecule has 0 amide bonds. The van der Waals surface area contributed by atoms with Crippen molar-refractivity contribution in [2.75, 3.05) is 0 Å². The Kier molecular flexibility index (Phi) is 8.79. The van der Waals surface area contributed by atoms with Gasteiger partial charge in [0.05, 0.1) is 7.05 Å². The number of hydrogen-bond donors (Lipinski definition) is 1. The van der Waals surface area contributed by atoms with Crippen molar-refractivity contribution in [1.82, 2.24) is 4.57 Å². The van der Waals surface area contributed by atoms with Crippen molar-refractivity contribution in [1.29, 1.82) is 0 Å². The van der Waals surface area contributed by atoms with E-state index in [-0.39, 0.29) is 6.54 Å². The van der Waals surface area contributed by atoms with Gasteiger partial charge in [0, 0.05) is 6.42 Å². The van der Waals surface area contributed by atoms with Crippen LogP contribution in [0.25, 0.3) is 0 Å². The molecule has 0 atom stereocenters. The highest BCUT2D eigenvalue weighted by atomic mass is 16.4. The van der Waals surface area contributed by atoms with Crippen molar-refractivity contribution in [3.05, 3.63) is 18.2 Å². The Labute approximate surface area is 128 Å². The minimum Gasteiger partial charge on any atom is -0.478 e.